The normalized spacial score (nSPS) is 12.0. The van der Waals surface area contributed by atoms with E-state index in [2.05, 4.69) is 15.5 Å². The number of ether oxygens (including phenoxy) is 1. The third-order valence-electron chi connectivity index (χ3n) is 3.13. The molecule has 0 unspecified atom stereocenters. The van der Waals surface area contributed by atoms with Crippen molar-refractivity contribution in [2.24, 2.45) is 7.05 Å². The van der Waals surface area contributed by atoms with Gasteiger partial charge in [-0.25, -0.2) is 0 Å². The highest BCUT2D eigenvalue weighted by molar-refractivity contribution is 7.98. The molecule has 1 amide bonds. The highest BCUT2D eigenvalue weighted by Gasteiger charge is 2.15. The molecule has 0 aliphatic heterocycles. The van der Waals surface area contributed by atoms with E-state index in [9.17, 15) is 4.79 Å². The zero-order valence-electron chi connectivity index (χ0n) is 12.6. The lowest BCUT2D eigenvalue weighted by molar-refractivity contribution is -0.127. The third kappa shape index (κ3) is 4.11. The van der Waals surface area contributed by atoms with Gasteiger partial charge in [-0.05, 0) is 49.7 Å². The third-order valence-corrected chi connectivity index (χ3v) is 4.24. The Hall–Kier alpha value is -1.80. The molecule has 8 heteroatoms. The number of H-pyrrole nitrogens is 1. The Morgan fingerprint density at radius 3 is 2.73 bits per heavy atom. The van der Waals surface area contributed by atoms with Crippen LogP contribution in [0.15, 0.2) is 29.2 Å². The predicted octanol–water partition coefficient (Wildman–Crippen LogP) is 2.28. The van der Waals surface area contributed by atoms with E-state index in [1.807, 2.05) is 30.5 Å². The molecule has 2 N–H and O–H groups in total. The van der Waals surface area contributed by atoms with Crippen molar-refractivity contribution >= 4 is 29.9 Å². The fourth-order valence-electron chi connectivity index (χ4n) is 1.76. The maximum Gasteiger partial charge on any atom is 0.261 e. The second-order valence-electron chi connectivity index (χ2n) is 4.66. The monoisotopic (exact) mass is 338 g/mol. The zero-order chi connectivity index (χ0) is 16.1. The zero-order valence-corrected chi connectivity index (χ0v) is 14.3. The highest BCUT2D eigenvalue weighted by atomic mass is 32.2. The molecule has 1 aromatic heterocycles. The molecule has 2 aromatic rings. The number of hydrogen-bond acceptors (Lipinski definition) is 5. The van der Waals surface area contributed by atoms with E-state index in [0.717, 1.165) is 4.90 Å². The summed E-state index contributed by atoms with van der Waals surface area (Å²) in [6, 6.07) is 7.62. The molecule has 0 saturated carbocycles. The summed E-state index contributed by atoms with van der Waals surface area (Å²) in [4.78, 5) is 13.2. The van der Waals surface area contributed by atoms with Crippen LogP contribution in [0.5, 0.6) is 5.75 Å². The second-order valence-corrected chi connectivity index (χ2v) is 5.92. The Kier molecular flexibility index (Phi) is 5.62. The fourth-order valence-corrected chi connectivity index (χ4v) is 2.32. The van der Waals surface area contributed by atoms with Gasteiger partial charge in [0.1, 0.15) is 5.75 Å². The number of aromatic nitrogens is 3. The van der Waals surface area contributed by atoms with Gasteiger partial charge in [0.25, 0.3) is 5.91 Å². The lowest BCUT2D eigenvalue weighted by Crippen LogP contribution is -2.36. The minimum Gasteiger partial charge on any atom is -0.481 e. The molecule has 1 heterocycles. The number of carbonyl (C=O) groups is 1. The van der Waals surface area contributed by atoms with E-state index in [0.29, 0.717) is 22.9 Å². The van der Waals surface area contributed by atoms with Crippen LogP contribution in [0.1, 0.15) is 12.7 Å². The van der Waals surface area contributed by atoms with E-state index in [1.165, 1.54) is 0 Å². The van der Waals surface area contributed by atoms with Gasteiger partial charge in [0.2, 0.25) is 0 Å². The molecule has 0 bridgehead atoms. The molecule has 0 fully saturated rings. The fraction of sp³-hybridized carbons (Fsp3) is 0.357. The van der Waals surface area contributed by atoms with Gasteiger partial charge in [0.15, 0.2) is 16.7 Å². The molecule has 118 valence electrons. The van der Waals surface area contributed by atoms with Gasteiger partial charge in [-0.3, -0.25) is 9.89 Å². The van der Waals surface area contributed by atoms with Gasteiger partial charge in [-0.15, -0.1) is 11.8 Å². The Morgan fingerprint density at radius 2 is 2.18 bits per heavy atom. The maximum absolute atomic E-state index is 12.0. The van der Waals surface area contributed by atoms with Crippen molar-refractivity contribution in [1.82, 2.24) is 20.1 Å². The number of carbonyl (C=O) groups excluding carboxylic acids is 1. The molecule has 0 saturated heterocycles. The van der Waals surface area contributed by atoms with Gasteiger partial charge in [-0.1, -0.05) is 0 Å². The van der Waals surface area contributed by atoms with Crippen molar-refractivity contribution in [1.29, 1.82) is 0 Å². The molecule has 22 heavy (non-hydrogen) atoms. The lowest BCUT2D eigenvalue weighted by atomic mass is 10.3. The molecule has 0 radical (unpaired) electrons. The van der Waals surface area contributed by atoms with Gasteiger partial charge < -0.3 is 14.6 Å². The molecule has 1 atom stereocenters. The Labute approximate surface area is 138 Å². The van der Waals surface area contributed by atoms with Crippen molar-refractivity contribution < 1.29 is 9.53 Å². The molecule has 0 aliphatic rings. The van der Waals surface area contributed by atoms with E-state index in [4.69, 9.17) is 17.0 Å². The number of rotatable bonds is 6. The van der Waals surface area contributed by atoms with E-state index in [-0.39, 0.29) is 5.91 Å². The quantitative estimate of drug-likeness (QED) is 0.624. The molecule has 0 aliphatic carbocycles. The first-order valence-electron chi connectivity index (χ1n) is 6.70. The van der Waals surface area contributed by atoms with Crippen LogP contribution in [0, 0.1) is 4.77 Å². The summed E-state index contributed by atoms with van der Waals surface area (Å²) in [6.07, 6.45) is 1.42. The molecule has 1 aromatic carbocycles. The maximum atomic E-state index is 12.0. The molecular weight excluding hydrogens is 320 g/mol. The van der Waals surface area contributed by atoms with Gasteiger partial charge >= 0.3 is 0 Å². The van der Waals surface area contributed by atoms with Crippen molar-refractivity contribution in [3.63, 3.8) is 0 Å². The number of hydrogen-bond donors (Lipinski definition) is 2. The Morgan fingerprint density at radius 1 is 1.50 bits per heavy atom. The first-order chi connectivity index (χ1) is 10.5. The largest absolute Gasteiger partial charge is 0.481 e. The molecule has 2 rings (SSSR count). The topological polar surface area (TPSA) is 71.9 Å². The number of nitrogens with one attached hydrogen (secondary N) is 2. The smallest absolute Gasteiger partial charge is 0.261 e. The Balaban J connectivity index is 1.88. The average molecular weight is 338 g/mol. The number of nitrogens with zero attached hydrogens (tertiary/aromatic N) is 2. The van der Waals surface area contributed by atoms with Crippen LogP contribution in [0.3, 0.4) is 0 Å². The number of aromatic amines is 1. The van der Waals surface area contributed by atoms with Gasteiger partial charge in [0.05, 0.1) is 6.54 Å². The summed E-state index contributed by atoms with van der Waals surface area (Å²) in [7, 11) is 1.79. The van der Waals surface area contributed by atoms with Crippen molar-refractivity contribution in [2.45, 2.75) is 24.5 Å². The van der Waals surface area contributed by atoms with Crippen molar-refractivity contribution in [3.05, 3.63) is 34.9 Å². The number of amides is 1. The predicted molar refractivity (Wildman–Crippen MR) is 88.6 cm³/mol. The van der Waals surface area contributed by atoms with Crippen LogP contribution < -0.4 is 10.1 Å². The standard InChI is InChI=1S/C14H18N4O2S2/c1-9(20-10-4-6-11(22-3)7-5-10)13(19)15-8-12-16-17-14(21)18(12)2/h4-7,9H,8H2,1-3H3,(H,15,19)(H,17,21)/t9-/m0/s1. The van der Waals surface area contributed by atoms with Crippen LogP contribution in [0.2, 0.25) is 0 Å². The van der Waals surface area contributed by atoms with Crippen LogP contribution in [-0.2, 0) is 18.4 Å². The summed E-state index contributed by atoms with van der Waals surface area (Å²) >= 11 is 6.67. The summed E-state index contributed by atoms with van der Waals surface area (Å²) in [5, 5.41) is 9.49. The van der Waals surface area contributed by atoms with Gasteiger partial charge in [0, 0.05) is 11.9 Å². The lowest BCUT2D eigenvalue weighted by Gasteiger charge is -2.14. The van der Waals surface area contributed by atoms with E-state index < -0.39 is 6.10 Å². The molecule has 6 nitrogen and oxygen atoms in total. The van der Waals surface area contributed by atoms with Gasteiger partial charge in [-0.2, -0.15) is 5.10 Å². The molecular formula is C14H18N4O2S2. The van der Waals surface area contributed by atoms with Crippen LogP contribution >= 0.6 is 24.0 Å². The van der Waals surface area contributed by atoms with E-state index >= 15 is 0 Å². The number of thioether (sulfide) groups is 1. The summed E-state index contributed by atoms with van der Waals surface area (Å²) in [5.41, 5.74) is 0. The molecule has 0 spiro atoms. The van der Waals surface area contributed by atoms with Crippen LogP contribution in [-0.4, -0.2) is 33.0 Å². The van der Waals surface area contributed by atoms with Crippen LogP contribution in [0.4, 0.5) is 0 Å². The van der Waals surface area contributed by atoms with Crippen LogP contribution in [0.25, 0.3) is 0 Å². The second kappa shape index (κ2) is 7.46. The minimum absolute atomic E-state index is 0.206. The highest BCUT2D eigenvalue weighted by Crippen LogP contribution is 2.19. The van der Waals surface area contributed by atoms with Crippen molar-refractivity contribution in [3.8, 4) is 5.75 Å². The van der Waals surface area contributed by atoms with E-state index in [1.54, 1.807) is 30.3 Å². The summed E-state index contributed by atoms with van der Waals surface area (Å²) in [6.45, 7) is 2.00. The average Bonchev–Trinajstić information content (AvgIpc) is 2.85. The Bertz CT molecular complexity index is 694. The first-order valence-corrected chi connectivity index (χ1v) is 8.33. The first kappa shape index (κ1) is 16.6. The number of benzene rings is 1. The summed E-state index contributed by atoms with van der Waals surface area (Å²) in [5.74, 6) is 1.12. The van der Waals surface area contributed by atoms with Crippen molar-refractivity contribution in [2.75, 3.05) is 6.26 Å². The minimum atomic E-state index is -0.590. The summed E-state index contributed by atoms with van der Waals surface area (Å²) < 4.78 is 7.85. The SMILES string of the molecule is CSc1ccc(O[C@@H](C)C(=O)NCc2n[nH]c(=S)n2C)cc1.